The van der Waals surface area contributed by atoms with Gasteiger partial charge in [-0.3, -0.25) is 4.79 Å². The van der Waals surface area contributed by atoms with Crippen LogP contribution in [0.1, 0.15) is 19.4 Å². The smallest absolute Gasteiger partial charge is 0.328 e. The number of nitrogens with zero attached hydrogens (tertiary/aromatic N) is 1. The minimum Gasteiger partial charge on any atom is -0.480 e. The molecule has 0 aliphatic heterocycles. The molecular weight excluding hydrogens is 277 g/mol. The van der Waals surface area contributed by atoms with Gasteiger partial charge >= 0.3 is 5.97 Å². The van der Waals surface area contributed by atoms with E-state index in [-0.39, 0.29) is 29.9 Å². The molecule has 114 valence electrons. The lowest BCUT2D eigenvalue weighted by Crippen LogP contribution is -2.36. The summed E-state index contributed by atoms with van der Waals surface area (Å²) in [7, 11) is 1.63. The molecule has 5 nitrogen and oxygen atoms in total. The second-order valence-corrected chi connectivity index (χ2v) is 4.72. The van der Waals surface area contributed by atoms with Crippen molar-refractivity contribution in [2.75, 3.05) is 13.7 Å². The van der Waals surface area contributed by atoms with Crippen molar-refractivity contribution in [2.45, 2.75) is 19.9 Å². The molecule has 1 N–H and O–H groups in total. The Kier molecular flexibility index (Phi) is 5.90. The Morgan fingerprint density at radius 3 is 2.67 bits per heavy atom. The fourth-order valence-electron chi connectivity index (χ4n) is 1.49. The number of carboxylic acid groups (broad SMARTS) is 1. The quantitative estimate of drug-likeness (QED) is 0.817. The molecule has 0 unspecified atom stereocenters. The zero-order valence-corrected chi connectivity index (χ0v) is 12.2. The molecule has 1 aromatic carbocycles. The Balaban J connectivity index is 2.87. The van der Waals surface area contributed by atoms with E-state index in [1.165, 1.54) is 29.2 Å². The first-order valence-corrected chi connectivity index (χ1v) is 6.41. The lowest BCUT2D eigenvalue weighted by molar-refractivity contribution is -0.133. The number of amides is 1. The Morgan fingerprint density at radius 1 is 1.43 bits per heavy atom. The van der Waals surface area contributed by atoms with Gasteiger partial charge in [0.1, 0.15) is 0 Å². The van der Waals surface area contributed by atoms with Gasteiger partial charge in [-0.1, -0.05) is 12.1 Å². The van der Waals surface area contributed by atoms with Crippen molar-refractivity contribution < 1.29 is 23.8 Å². The maximum absolute atomic E-state index is 13.8. The van der Waals surface area contributed by atoms with Gasteiger partial charge in [0, 0.05) is 24.7 Å². The van der Waals surface area contributed by atoms with Gasteiger partial charge in [-0.2, -0.15) is 0 Å². The molecule has 1 aromatic rings. The molecule has 0 atom stereocenters. The number of likely N-dealkylation sites (N-methyl/N-ethyl adjacent to an activating group) is 1. The second-order valence-electron chi connectivity index (χ2n) is 4.72. The summed E-state index contributed by atoms with van der Waals surface area (Å²) < 4.78 is 19.0. The molecule has 0 radical (unpaired) electrons. The fourth-order valence-corrected chi connectivity index (χ4v) is 1.49. The van der Waals surface area contributed by atoms with E-state index in [9.17, 15) is 14.0 Å². The number of halogens is 1. The highest BCUT2D eigenvalue weighted by molar-refractivity contribution is 5.86. The van der Waals surface area contributed by atoms with E-state index in [0.717, 1.165) is 6.08 Å². The second kappa shape index (κ2) is 7.42. The van der Waals surface area contributed by atoms with E-state index in [1.807, 2.05) is 13.8 Å². The predicted molar refractivity (Wildman–Crippen MR) is 76.5 cm³/mol. The monoisotopic (exact) mass is 295 g/mol. The number of rotatable bonds is 6. The molecule has 0 fully saturated rings. The van der Waals surface area contributed by atoms with Crippen molar-refractivity contribution >= 4 is 18.0 Å². The number of para-hydroxylation sites is 1. The van der Waals surface area contributed by atoms with Gasteiger partial charge in [0.05, 0.1) is 0 Å². The molecule has 0 saturated carbocycles. The third-order valence-corrected chi connectivity index (χ3v) is 2.91. The minimum absolute atomic E-state index is 0.00750. The number of aliphatic carboxylic acids is 1. The van der Waals surface area contributed by atoms with Crippen LogP contribution >= 0.6 is 0 Å². The summed E-state index contributed by atoms with van der Waals surface area (Å²) in [5.74, 6) is -2.23. The van der Waals surface area contributed by atoms with E-state index >= 15 is 0 Å². The van der Waals surface area contributed by atoms with E-state index in [0.29, 0.717) is 0 Å². The van der Waals surface area contributed by atoms with Crippen LogP contribution in [0.25, 0.3) is 6.08 Å². The largest absolute Gasteiger partial charge is 0.480 e. The average molecular weight is 295 g/mol. The fraction of sp³-hybridized carbons (Fsp3) is 0.333. The molecule has 21 heavy (non-hydrogen) atoms. The van der Waals surface area contributed by atoms with Crippen LogP contribution in [-0.2, 0) is 9.59 Å². The molecule has 0 saturated heterocycles. The van der Waals surface area contributed by atoms with Gasteiger partial charge in [0.15, 0.2) is 18.2 Å². The number of carbonyl (C=O) groups is 2. The van der Waals surface area contributed by atoms with Gasteiger partial charge in [-0.25, -0.2) is 9.18 Å². The van der Waals surface area contributed by atoms with Crippen LogP contribution in [0.15, 0.2) is 24.3 Å². The Morgan fingerprint density at radius 2 is 2.10 bits per heavy atom. The molecule has 0 heterocycles. The van der Waals surface area contributed by atoms with Crippen LogP contribution in [0.3, 0.4) is 0 Å². The highest BCUT2D eigenvalue weighted by Crippen LogP contribution is 2.24. The van der Waals surface area contributed by atoms with E-state index in [2.05, 4.69) is 0 Å². The van der Waals surface area contributed by atoms with Crippen molar-refractivity contribution in [2.24, 2.45) is 0 Å². The van der Waals surface area contributed by atoms with Crippen LogP contribution in [0.2, 0.25) is 0 Å². The summed E-state index contributed by atoms with van der Waals surface area (Å²) in [6.07, 6.45) is 2.10. The first-order valence-electron chi connectivity index (χ1n) is 6.41. The summed E-state index contributed by atoms with van der Waals surface area (Å²) in [6.45, 7) is 3.38. The maximum Gasteiger partial charge on any atom is 0.328 e. The normalized spacial score (nSPS) is 10.9. The number of benzene rings is 1. The molecular formula is C15H18FNO4. The van der Waals surface area contributed by atoms with Gasteiger partial charge in [0.2, 0.25) is 0 Å². The highest BCUT2D eigenvalue weighted by atomic mass is 19.1. The average Bonchev–Trinajstić information content (AvgIpc) is 2.42. The van der Waals surface area contributed by atoms with Crippen LogP contribution in [0.4, 0.5) is 4.39 Å². The lowest BCUT2D eigenvalue weighted by atomic mass is 10.2. The molecule has 1 rings (SSSR count). The van der Waals surface area contributed by atoms with Gasteiger partial charge < -0.3 is 14.7 Å². The topological polar surface area (TPSA) is 66.8 Å². The first-order chi connectivity index (χ1) is 9.82. The SMILES string of the molecule is CC(C)N(C)C(=O)COc1c(F)cccc1/C=C/C(=O)O. The molecule has 0 aromatic heterocycles. The molecule has 1 amide bonds. The van der Waals surface area contributed by atoms with Gasteiger partial charge in [0.25, 0.3) is 5.91 Å². The molecule has 6 heteroatoms. The van der Waals surface area contributed by atoms with Crippen molar-refractivity contribution in [3.63, 3.8) is 0 Å². The van der Waals surface area contributed by atoms with Gasteiger partial charge in [-0.05, 0) is 26.0 Å². The zero-order chi connectivity index (χ0) is 16.0. The summed E-state index contributed by atoms with van der Waals surface area (Å²) in [4.78, 5) is 23.8. The third-order valence-electron chi connectivity index (χ3n) is 2.91. The molecule has 0 aliphatic carbocycles. The zero-order valence-electron chi connectivity index (χ0n) is 12.2. The predicted octanol–water partition coefficient (Wildman–Crippen LogP) is 2.17. The third kappa shape index (κ3) is 4.91. The van der Waals surface area contributed by atoms with E-state index < -0.39 is 11.8 Å². The van der Waals surface area contributed by atoms with Gasteiger partial charge in [-0.15, -0.1) is 0 Å². The Labute approximate surface area is 122 Å². The number of carbonyl (C=O) groups excluding carboxylic acids is 1. The summed E-state index contributed by atoms with van der Waals surface area (Å²) in [5, 5.41) is 8.60. The summed E-state index contributed by atoms with van der Waals surface area (Å²) in [6, 6.07) is 4.14. The maximum atomic E-state index is 13.8. The Bertz CT molecular complexity index is 555. The standard InChI is InChI=1S/C15H18FNO4/c1-10(2)17(3)13(18)9-21-15-11(7-8-14(19)20)5-4-6-12(15)16/h4-8,10H,9H2,1-3H3,(H,19,20)/b8-7+. The van der Waals surface area contributed by atoms with E-state index in [1.54, 1.807) is 7.05 Å². The Hall–Kier alpha value is -2.37. The van der Waals surface area contributed by atoms with Crippen LogP contribution in [0.5, 0.6) is 5.75 Å². The molecule has 0 bridgehead atoms. The first kappa shape index (κ1) is 16.7. The number of carboxylic acids is 1. The van der Waals surface area contributed by atoms with E-state index in [4.69, 9.17) is 9.84 Å². The van der Waals surface area contributed by atoms with Crippen LogP contribution < -0.4 is 4.74 Å². The highest BCUT2D eigenvalue weighted by Gasteiger charge is 2.15. The number of hydrogen-bond acceptors (Lipinski definition) is 3. The van der Waals surface area contributed by atoms with Crippen molar-refractivity contribution in [1.82, 2.24) is 4.90 Å². The van der Waals surface area contributed by atoms with Crippen molar-refractivity contribution in [3.05, 3.63) is 35.7 Å². The van der Waals surface area contributed by atoms with Crippen LogP contribution in [0, 0.1) is 5.82 Å². The lowest BCUT2D eigenvalue weighted by Gasteiger charge is -2.21. The summed E-state index contributed by atoms with van der Waals surface area (Å²) in [5.41, 5.74) is 0.261. The van der Waals surface area contributed by atoms with Crippen molar-refractivity contribution in [3.8, 4) is 5.75 Å². The van der Waals surface area contributed by atoms with Crippen LogP contribution in [-0.4, -0.2) is 41.6 Å². The number of ether oxygens (including phenoxy) is 1. The van der Waals surface area contributed by atoms with Crippen molar-refractivity contribution in [1.29, 1.82) is 0 Å². The molecule has 0 spiro atoms. The molecule has 0 aliphatic rings. The number of hydrogen-bond donors (Lipinski definition) is 1. The minimum atomic E-state index is -1.15. The summed E-state index contributed by atoms with van der Waals surface area (Å²) >= 11 is 0.